The van der Waals surface area contributed by atoms with Gasteiger partial charge in [0.05, 0.1) is 44.7 Å². The van der Waals surface area contributed by atoms with E-state index in [1.165, 1.54) is 44.9 Å². The summed E-state index contributed by atoms with van der Waals surface area (Å²) in [4.78, 5) is 22.4. The Balaban J connectivity index is 1.41. The minimum absolute atomic E-state index is 0.0467. The third-order valence-corrected chi connectivity index (χ3v) is 14.2. The molecule has 2 aliphatic carbocycles. The molecule has 3 aromatic carbocycles. The number of carbonyl (C=O) groups excluding carboxylic acids is 1. The highest BCUT2D eigenvalue weighted by Crippen LogP contribution is 2.62. The lowest BCUT2D eigenvalue weighted by Gasteiger charge is -2.59. The number of unbranched alkanes of at least 4 members (excludes halogenated alkanes) is 11. The van der Waals surface area contributed by atoms with Crippen LogP contribution in [0.25, 0.3) is 11.1 Å². The number of ether oxygens (including phenoxy) is 5. The number of hydrogen-bond acceptors (Lipinski definition) is 11. The molecule has 384 valence electrons. The summed E-state index contributed by atoms with van der Waals surface area (Å²) in [6.07, 6.45) is 20.1. The van der Waals surface area contributed by atoms with Gasteiger partial charge in [-0.1, -0.05) is 137 Å². The first-order valence-electron chi connectivity index (χ1n) is 26.6. The largest absolute Gasteiger partial charge is 0.459 e. The predicted molar refractivity (Wildman–Crippen MR) is 276 cm³/mol. The molecule has 1 amide bonds. The van der Waals surface area contributed by atoms with E-state index in [9.17, 15) is 20.1 Å². The first kappa shape index (κ1) is 54.6. The van der Waals surface area contributed by atoms with Crippen LogP contribution < -0.4 is 9.47 Å². The first-order valence-corrected chi connectivity index (χ1v) is 26.6. The summed E-state index contributed by atoms with van der Waals surface area (Å²) >= 11 is 0. The van der Waals surface area contributed by atoms with Gasteiger partial charge in [0.2, 0.25) is 5.79 Å². The van der Waals surface area contributed by atoms with Crippen molar-refractivity contribution in [3.05, 3.63) is 103 Å². The molecule has 6 atom stereocenters. The second-order valence-electron chi connectivity index (χ2n) is 19.0. The van der Waals surface area contributed by atoms with Crippen molar-refractivity contribution in [2.45, 2.75) is 141 Å². The molecule has 0 bridgehead atoms. The quantitative estimate of drug-likeness (QED) is 0.0306. The molecule has 3 aromatic rings. The summed E-state index contributed by atoms with van der Waals surface area (Å²) in [5, 5.41) is 34.5. The normalized spacial score (nSPS) is 21.8. The van der Waals surface area contributed by atoms with E-state index in [1.807, 2.05) is 49.4 Å². The lowest BCUT2D eigenvalue weighted by atomic mass is 9.55. The zero-order chi connectivity index (χ0) is 49.4. The van der Waals surface area contributed by atoms with Crippen LogP contribution in [0, 0.1) is 17.8 Å². The average molecular weight is 967 g/mol. The standard InChI is InChI=1S/C58H82N2O10/c1-4-7-8-9-10-11-12-13-14-22-38-66-57(64)60(33-39-65-40-36-63)54-43-52(59-68-6-3)50-41-46(25-18-20-34-61)49(26-19-21-35-62)55-51-42-48(31-32-53(51)70-58(54,56(50)55)67-37-5-2)69-47-29-27-45(28-30-47)44-23-16-15-17-24-44/h5,15-17,23-24,27-32,41-42,46,49,54-56,61-63H,2,4,6-14,18-22,25-26,33-40,43H2,1,3H3. The maximum Gasteiger partial charge on any atom is 0.410 e. The van der Waals surface area contributed by atoms with Gasteiger partial charge in [-0.25, -0.2) is 4.79 Å². The van der Waals surface area contributed by atoms with Crippen molar-refractivity contribution in [1.29, 1.82) is 0 Å². The van der Waals surface area contributed by atoms with Gasteiger partial charge in [-0.15, -0.1) is 6.58 Å². The number of amides is 1. The van der Waals surface area contributed by atoms with Crippen LogP contribution in [0.4, 0.5) is 4.79 Å². The number of rotatable bonds is 33. The Bertz CT molecular complexity index is 2060. The van der Waals surface area contributed by atoms with Gasteiger partial charge in [0.25, 0.3) is 0 Å². The van der Waals surface area contributed by atoms with Gasteiger partial charge in [0, 0.05) is 37.7 Å². The summed E-state index contributed by atoms with van der Waals surface area (Å²) in [7, 11) is 0. The van der Waals surface area contributed by atoms with E-state index >= 15 is 0 Å². The maximum absolute atomic E-state index is 14.7. The van der Waals surface area contributed by atoms with E-state index in [2.05, 4.69) is 49.9 Å². The third kappa shape index (κ3) is 14.7. The summed E-state index contributed by atoms with van der Waals surface area (Å²) in [6, 6.07) is 23.6. The predicted octanol–water partition coefficient (Wildman–Crippen LogP) is 12.2. The molecule has 70 heavy (non-hydrogen) atoms. The number of carbonyl (C=O) groups is 1. The molecular formula is C58H82N2O10. The second-order valence-corrected chi connectivity index (χ2v) is 19.0. The number of nitrogens with zero attached hydrogens (tertiary/aromatic N) is 2. The Morgan fingerprint density at radius 1 is 0.786 bits per heavy atom. The summed E-state index contributed by atoms with van der Waals surface area (Å²) < 4.78 is 33.2. The lowest BCUT2D eigenvalue weighted by molar-refractivity contribution is -0.256. The van der Waals surface area contributed by atoms with Gasteiger partial charge in [-0.05, 0) is 97.9 Å². The van der Waals surface area contributed by atoms with Crippen LogP contribution in [0.2, 0.25) is 0 Å². The fourth-order valence-corrected chi connectivity index (χ4v) is 10.9. The molecular weight excluding hydrogens is 885 g/mol. The molecule has 0 radical (unpaired) electrons. The molecule has 12 heteroatoms. The average Bonchev–Trinajstić information content (AvgIpc) is 3.38. The summed E-state index contributed by atoms with van der Waals surface area (Å²) in [5.74, 6) is -0.0401. The summed E-state index contributed by atoms with van der Waals surface area (Å²) in [6.45, 7) is 9.44. The molecule has 0 saturated heterocycles. The van der Waals surface area contributed by atoms with Crippen LogP contribution in [0.15, 0.2) is 102 Å². The molecule has 1 heterocycles. The van der Waals surface area contributed by atoms with E-state index in [-0.39, 0.29) is 77.0 Å². The Morgan fingerprint density at radius 3 is 2.16 bits per heavy atom. The van der Waals surface area contributed by atoms with Crippen molar-refractivity contribution in [3.8, 4) is 28.4 Å². The van der Waals surface area contributed by atoms with Crippen LogP contribution in [-0.4, -0.2) is 103 Å². The lowest BCUT2D eigenvalue weighted by Crippen LogP contribution is -2.70. The zero-order valence-electron chi connectivity index (χ0n) is 42.2. The van der Waals surface area contributed by atoms with Gasteiger partial charge in [-0.3, -0.25) is 4.90 Å². The van der Waals surface area contributed by atoms with Crippen molar-refractivity contribution >= 4 is 11.8 Å². The smallest absolute Gasteiger partial charge is 0.410 e. The molecule has 3 aliphatic rings. The number of benzene rings is 3. The number of aliphatic hydroxyl groups is 3. The van der Waals surface area contributed by atoms with Gasteiger partial charge in [0.1, 0.15) is 29.9 Å². The van der Waals surface area contributed by atoms with Crippen molar-refractivity contribution in [2.24, 2.45) is 22.9 Å². The molecule has 1 saturated carbocycles. The van der Waals surface area contributed by atoms with Crippen LogP contribution >= 0.6 is 0 Å². The van der Waals surface area contributed by atoms with Crippen molar-refractivity contribution < 1.29 is 48.6 Å². The molecule has 6 rings (SSSR count). The van der Waals surface area contributed by atoms with Crippen LogP contribution in [0.5, 0.6) is 17.2 Å². The molecule has 6 unspecified atom stereocenters. The van der Waals surface area contributed by atoms with E-state index in [1.54, 1.807) is 11.0 Å². The van der Waals surface area contributed by atoms with E-state index in [0.29, 0.717) is 42.4 Å². The van der Waals surface area contributed by atoms with Gasteiger partial charge < -0.3 is 43.8 Å². The number of allylic oxidation sites excluding steroid dienone is 1. The Labute approximate surface area is 418 Å². The number of aliphatic hydroxyl groups excluding tert-OH is 3. The van der Waals surface area contributed by atoms with Crippen LogP contribution in [0.3, 0.4) is 0 Å². The van der Waals surface area contributed by atoms with Gasteiger partial charge >= 0.3 is 6.09 Å². The monoisotopic (exact) mass is 967 g/mol. The van der Waals surface area contributed by atoms with Gasteiger partial charge in [-0.2, -0.15) is 0 Å². The molecule has 3 N–H and O–H groups in total. The Kier molecular flexibility index (Phi) is 23.1. The fraction of sp³-hybridized carbons (Fsp3) is 0.586. The van der Waals surface area contributed by atoms with Crippen molar-refractivity contribution in [1.82, 2.24) is 4.90 Å². The highest BCUT2D eigenvalue weighted by molar-refractivity contribution is 6.03. The van der Waals surface area contributed by atoms with Crippen molar-refractivity contribution in [3.63, 3.8) is 0 Å². The Morgan fingerprint density at radius 2 is 1.47 bits per heavy atom. The first-order chi connectivity index (χ1) is 34.4. The fourth-order valence-electron chi connectivity index (χ4n) is 10.9. The molecule has 1 fully saturated rings. The van der Waals surface area contributed by atoms with E-state index in [4.69, 9.17) is 33.7 Å². The van der Waals surface area contributed by atoms with Crippen LogP contribution in [0.1, 0.15) is 134 Å². The molecule has 1 aliphatic heterocycles. The van der Waals surface area contributed by atoms with E-state index < -0.39 is 23.8 Å². The number of fused-ring (bicyclic) bond motifs is 2. The van der Waals surface area contributed by atoms with Crippen molar-refractivity contribution in [2.75, 3.05) is 59.4 Å². The minimum atomic E-state index is -1.45. The van der Waals surface area contributed by atoms with Gasteiger partial charge in [0.15, 0.2) is 0 Å². The zero-order valence-corrected chi connectivity index (χ0v) is 42.2. The Hall–Kier alpha value is -4.72. The van der Waals surface area contributed by atoms with E-state index in [0.717, 1.165) is 67.2 Å². The third-order valence-electron chi connectivity index (χ3n) is 14.2. The highest BCUT2D eigenvalue weighted by Gasteiger charge is 2.65. The second kappa shape index (κ2) is 29.6. The van der Waals surface area contributed by atoms with Crippen LogP contribution in [-0.2, 0) is 19.0 Å². The SMILES string of the molecule is C=CCOC12Oc3ccc(Oc4ccc(-c5ccccc5)cc4)cc3C3C(CCCCO)C(CCCCO)C=C(C(=NOCC)CC1N(CCOCCO)C(=O)OCCCCCCCCCCCC)C32. The number of hydrogen-bond donors (Lipinski definition) is 3. The maximum atomic E-state index is 14.7. The topological polar surface area (TPSA) is 149 Å². The highest BCUT2D eigenvalue weighted by atomic mass is 16.7. The number of oxime groups is 1. The minimum Gasteiger partial charge on any atom is -0.459 e. The summed E-state index contributed by atoms with van der Waals surface area (Å²) in [5.41, 5.74) is 4.85. The molecule has 12 nitrogen and oxygen atoms in total. The molecule has 0 spiro atoms. The molecule has 0 aromatic heterocycles.